The number of benzene rings is 3. The maximum absolute atomic E-state index is 13.7. The van der Waals surface area contributed by atoms with Gasteiger partial charge in [-0.1, -0.05) is 18.2 Å². The number of carboxylic acids is 1. The van der Waals surface area contributed by atoms with Crippen LogP contribution in [0, 0.1) is 5.82 Å². The number of fused-ring (bicyclic) bond motifs is 2. The fourth-order valence-electron chi connectivity index (χ4n) is 4.56. The molecule has 4 aromatic rings. The normalized spacial score (nSPS) is 14.9. The first-order valence-corrected chi connectivity index (χ1v) is 12.4. The van der Waals surface area contributed by atoms with Crippen molar-refractivity contribution in [2.75, 3.05) is 6.61 Å². The van der Waals surface area contributed by atoms with Crippen LogP contribution in [0.3, 0.4) is 0 Å². The first-order chi connectivity index (χ1) is 18.7. The first-order valence-electron chi connectivity index (χ1n) is 12.4. The summed E-state index contributed by atoms with van der Waals surface area (Å²) in [6, 6.07) is 17.6. The minimum absolute atomic E-state index is 0.00774. The zero-order valence-corrected chi connectivity index (χ0v) is 20.7. The molecule has 7 nitrogen and oxygen atoms in total. The van der Waals surface area contributed by atoms with Gasteiger partial charge < -0.3 is 15.2 Å². The number of rotatable bonds is 8. The number of carboxylic acid groups (broad SMARTS) is 1. The minimum Gasteiger partial charge on any atom is -0.493 e. The highest BCUT2D eigenvalue weighted by atomic mass is 19.3. The number of halogens is 3. The van der Waals surface area contributed by atoms with Gasteiger partial charge in [-0.15, -0.1) is 0 Å². The molecule has 5 rings (SSSR count). The van der Waals surface area contributed by atoms with E-state index in [1.54, 1.807) is 18.2 Å². The maximum atomic E-state index is 13.7. The van der Waals surface area contributed by atoms with Gasteiger partial charge in [0.25, 0.3) is 5.91 Å². The summed E-state index contributed by atoms with van der Waals surface area (Å²) < 4.78 is 46.5. The van der Waals surface area contributed by atoms with Crippen LogP contribution in [0.5, 0.6) is 5.75 Å². The number of aromatic nitrogens is 2. The molecule has 0 aliphatic carbocycles. The molecule has 1 amide bonds. The number of carbonyl (C=O) groups excluding carboxylic acids is 1. The van der Waals surface area contributed by atoms with E-state index >= 15 is 0 Å². The predicted octanol–water partition coefficient (Wildman–Crippen LogP) is 5.73. The fourth-order valence-corrected chi connectivity index (χ4v) is 4.56. The van der Waals surface area contributed by atoms with Crippen molar-refractivity contribution in [2.45, 2.75) is 37.6 Å². The molecule has 0 spiro atoms. The Bertz CT molecular complexity index is 1540. The van der Waals surface area contributed by atoms with E-state index in [4.69, 9.17) is 9.84 Å². The van der Waals surface area contributed by atoms with Crippen molar-refractivity contribution in [3.8, 4) is 17.0 Å². The third-order valence-corrected chi connectivity index (χ3v) is 6.60. The Morgan fingerprint density at radius 2 is 1.79 bits per heavy atom. The number of hydrogen-bond donors (Lipinski definition) is 2. The van der Waals surface area contributed by atoms with E-state index in [2.05, 4.69) is 15.3 Å². The number of ether oxygens (including phenoxy) is 1. The molecule has 39 heavy (non-hydrogen) atoms. The molecule has 1 aliphatic heterocycles. The lowest BCUT2D eigenvalue weighted by Gasteiger charge is -2.26. The summed E-state index contributed by atoms with van der Waals surface area (Å²) in [5.41, 5.74) is 3.32. The highest BCUT2D eigenvalue weighted by Crippen LogP contribution is 2.32. The monoisotopic (exact) mass is 535 g/mol. The molecule has 1 atom stereocenters. The number of aryl methyl sites for hydroxylation is 1. The van der Waals surface area contributed by atoms with E-state index in [9.17, 15) is 22.8 Å². The van der Waals surface area contributed by atoms with Gasteiger partial charge in [0.05, 0.1) is 35.1 Å². The SMILES string of the molecule is O=C(N[C@H]1CCOc2ccccc21)c1ccc2nc(-c3ccc(F)cc3)c(CCCC(F)(F)C(=O)O)nc2c1. The van der Waals surface area contributed by atoms with Crippen molar-refractivity contribution in [1.82, 2.24) is 15.3 Å². The number of hydrogen-bond acceptors (Lipinski definition) is 5. The van der Waals surface area contributed by atoms with Crippen LogP contribution in [0.25, 0.3) is 22.3 Å². The molecule has 0 bridgehead atoms. The van der Waals surface area contributed by atoms with Gasteiger partial charge in [-0.3, -0.25) is 4.79 Å². The maximum Gasteiger partial charge on any atom is 0.374 e. The fraction of sp³-hybridized carbons (Fsp3) is 0.241. The Balaban J connectivity index is 1.44. The molecule has 2 N–H and O–H groups in total. The number of nitrogens with zero attached hydrogens (tertiary/aromatic N) is 2. The third-order valence-electron chi connectivity index (χ3n) is 6.60. The number of alkyl halides is 2. The van der Waals surface area contributed by atoms with E-state index in [0.29, 0.717) is 46.6 Å². The molecular weight excluding hydrogens is 511 g/mol. The molecule has 0 saturated carbocycles. The van der Waals surface area contributed by atoms with E-state index in [1.807, 2.05) is 24.3 Å². The zero-order valence-electron chi connectivity index (χ0n) is 20.7. The van der Waals surface area contributed by atoms with Crippen molar-refractivity contribution in [3.63, 3.8) is 0 Å². The third kappa shape index (κ3) is 5.69. The molecule has 0 unspecified atom stereocenters. The van der Waals surface area contributed by atoms with Crippen LogP contribution < -0.4 is 10.1 Å². The highest BCUT2D eigenvalue weighted by Gasteiger charge is 2.37. The second-order valence-corrected chi connectivity index (χ2v) is 9.29. The lowest BCUT2D eigenvalue weighted by molar-refractivity contribution is -0.165. The van der Waals surface area contributed by atoms with Crippen LogP contribution in [0.4, 0.5) is 13.2 Å². The molecule has 0 fully saturated rings. The second kappa shape index (κ2) is 10.7. The van der Waals surface area contributed by atoms with Gasteiger partial charge in [0.2, 0.25) is 0 Å². The molecular formula is C29H24F3N3O4. The van der Waals surface area contributed by atoms with E-state index in [-0.39, 0.29) is 24.8 Å². The van der Waals surface area contributed by atoms with Crippen LogP contribution in [0.1, 0.15) is 46.9 Å². The summed E-state index contributed by atoms with van der Waals surface area (Å²) in [7, 11) is 0. The van der Waals surface area contributed by atoms with Crippen LogP contribution >= 0.6 is 0 Å². The summed E-state index contributed by atoms with van der Waals surface area (Å²) in [4.78, 5) is 33.2. The van der Waals surface area contributed by atoms with Gasteiger partial charge in [0, 0.05) is 29.5 Å². The second-order valence-electron chi connectivity index (χ2n) is 9.29. The van der Waals surface area contributed by atoms with Crippen LogP contribution in [-0.4, -0.2) is 39.5 Å². The van der Waals surface area contributed by atoms with E-state index in [0.717, 1.165) is 11.3 Å². The number of para-hydroxylation sites is 1. The standard InChI is InChI=1S/C29H24F3N3O4/c30-19-10-7-17(8-11-19)26-23(5-3-14-29(31,32)28(37)38)33-24-16-18(9-12-22(24)34-26)27(36)35-21-13-15-39-25-6-2-1-4-20(21)25/h1-2,4,6-12,16,21H,3,5,13-15H2,(H,35,36)(H,37,38)/t21-/m0/s1. The topological polar surface area (TPSA) is 101 Å². The van der Waals surface area contributed by atoms with Crippen molar-refractivity contribution >= 4 is 22.9 Å². The first kappa shape index (κ1) is 26.1. The van der Waals surface area contributed by atoms with Crippen LogP contribution in [0.15, 0.2) is 66.7 Å². The van der Waals surface area contributed by atoms with Gasteiger partial charge in [-0.05, 0) is 61.4 Å². The summed E-state index contributed by atoms with van der Waals surface area (Å²) in [6.07, 6.45) is -0.424. The van der Waals surface area contributed by atoms with Crippen molar-refractivity contribution < 1.29 is 32.6 Å². The lowest BCUT2D eigenvalue weighted by atomic mass is 10.00. The number of nitrogens with one attached hydrogen (secondary N) is 1. The number of amides is 1. The van der Waals surface area contributed by atoms with Crippen LogP contribution in [-0.2, 0) is 11.2 Å². The van der Waals surface area contributed by atoms with Gasteiger partial charge in [-0.2, -0.15) is 8.78 Å². The lowest BCUT2D eigenvalue weighted by Crippen LogP contribution is -2.32. The summed E-state index contributed by atoms with van der Waals surface area (Å²) in [6.45, 7) is 0.474. The Morgan fingerprint density at radius 1 is 1.03 bits per heavy atom. The van der Waals surface area contributed by atoms with Crippen molar-refractivity contribution in [3.05, 3.63) is 89.4 Å². The Labute approximate surface area is 221 Å². The zero-order chi connectivity index (χ0) is 27.6. The van der Waals surface area contributed by atoms with E-state index < -0.39 is 24.1 Å². The summed E-state index contributed by atoms with van der Waals surface area (Å²) in [5, 5.41) is 11.8. The van der Waals surface area contributed by atoms with Gasteiger partial charge >= 0.3 is 11.9 Å². The molecule has 3 aromatic carbocycles. The Hall–Kier alpha value is -4.47. The molecule has 0 radical (unpaired) electrons. The predicted molar refractivity (Wildman–Crippen MR) is 137 cm³/mol. The Morgan fingerprint density at radius 3 is 2.56 bits per heavy atom. The number of carbonyl (C=O) groups is 2. The average molecular weight is 536 g/mol. The molecule has 2 heterocycles. The summed E-state index contributed by atoms with van der Waals surface area (Å²) in [5.74, 6) is -6.09. The van der Waals surface area contributed by atoms with Gasteiger partial charge in [-0.25, -0.2) is 19.2 Å². The quantitative estimate of drug-likeness (QED) is 0.299. The summed E-state index contributed by atoms with van der Waals surface area (Å²) >= 11 is 0. The molecule has 200 valence electrons. The largest absolute Gasteiger partial charge is 0.493 e. The average Bonchev–Trinajstić information content (AvgIpc) is 2.93. The van der Waals surface area contributed by atoms with E-state index in [1.165, 1.54) is 24.3 Å². The minimum atomic E-state index is -3.87. The van der Waals surface area contributed by atoms with Crippen LogP contribution in [0.2, 0.25) is 0 Å². The van der Waals surface area contributed by atoms with Gasteiger partial charge in [0.15, 0.2) is 0 Å². The van der Waals surface area contributed by atoms with Crippen molar-refractivity contribution in [1.29, 1.82) is 0 Å². The Kier molecular flexibility index (Phi) is 7.19. The molecule has 0 saturated heterocycles. The molecule has 10 heteroatoms. The smallest absolute Gasteiger partial charge is 0.374 e. The highest BCUT2D eigenvalue weighted by molar-refractivity contribution is 5.97. The molecule has 1 aliphatic rings. The van der Waals surface area contributed by atoms with Crippen molar-refractivity contribution in [2.24, 2.45) is 0 Å². The number of aliphatic carboxylic acids is 1. The van der Waals surface area contributed by atoms with Gasteiger partial charge in [0.1, 0.15) is 11.6 Å². The molecule has 1 aromatic heterocycles.